The molecule has 0 aromatic heterocycles. The van der Waals surface area contributed by atoms with Gasteiger partial charge in [0, 0.05) is 6.08 Å². The van der Waals surface area contributed by atoms with Crippen LogP contribution in [0.3, 0.4) is 0 Å². The molecule has 21 heavy (non-hydrogen) atoms. The van der Waals surface area contributed by atoms with E-state index in [0.717, 1.165) is 12.5 Å². The lowest BCUT2D eigenvalue weighted by Crippen LogP contribution is -2.13. The fourth-order valence-electron chi connectivity index (χ4n) is 1.54. The normalized spacial score (nSPS) is 11.9. The molecular formula is C15H20O6. The molecule has 0 aliphatic heterocycles. The summed E-state index contributed by atoms with van der Waals surface area (Å²) in [5.74, 6) is -3.30. The summed E-state index contributed by atoms with van der Waals surface area (Å²) in [5.41, 5.74) is -0.195. The fraction of sp³-hybridized carbons (Fsp3) is 0.400. The third kappa shape index (κ3) is 6.56. The first kappa shape index (κ1) is 18.6. The molecule has 0 fully saturated rings. The SMILES string of the molecule is C=C(C(=O)OCCCC)C(CC)=C(C=CC(=O)O)C(=O)O. The van der Waals surface area contributed by atoms with Crippen molar-refractivity contribution >= 4 is 17.9 Å². The number of esters is 1. The maximum absolute atomic E-state index is 11.8. The van der Waals surface area contributed by atoms with Crippen LogP contribution in [0.15, 0.2) is 35.5 Å². The minimum absolute atomic E-state index is 0.0685. The van der Waals surface area contributed by atoms with Crippen LogP contribution >= 0.6 is 0 Å². The molecule has 0 bridgehead atoms. The highest BCUT2D eigenvalue weighted by Gasteiger charge is 2.19. The minimum atomic E-state index is -1.33. The molecule has 0 aliphatic carbocycles. The van der Waals surface area contributed by atoms with Crippen LogP contribution in [0.1, 0.15) is 33.1 Å². The Labute approximate surface area is 123 Å². The first-order chi connectivity index (χ1) is 9.84. The number of carboxylic acids is 2. The predicted molar refractivity (Wildman–Crippen MR) is 76.7 cm³/mol. The number of ether oxygens (including phenoxy) is 1. The lowest BCUT2D eigenvalue weighted by atomic mass is 9.98. The number of carbonyl (C=O) groups excluding carboxylic acids is 1. The lowest BCUT2D eigenvalue weighted by molar-refractivity contribution is -0.138. The average Bonchev–Trinajstić information content (AvgIpc) is 2.42. The van der Waals surface area contributed by atoms with Crippen molar-refractivity contribution in [1.29, 1.82) is 0 Å². The van der Waals surface area contributed by atoms with Gasteiger partial charge in [0.15, 0.2) is 0 Å². The molecule has 6 heteroatoms. The molecule has 2 N–H and O–H groups in total. The fourth-order valence-corrected chi connectivity index (χ4v) is 1.54. The summed E-state index contributed by atoms with van der Waals surface area (Å²) >= 11 is 0. The summed E-state index contributed by atoms with van der Waals surface area (Å²) in [4.78, 5) is 33.5. The Bertz CT molecular complexity index is 484. The Kier molecular flexibility index (Phi) is 8.45. The van der Waals surface area contributed by atoms with Crippen LogP contribution in [0.4, 0.5) is 0 Å². The quantitative estimate of drug-likeness (QED) is 0.293. The van der Waals surface area contributed by atoms with Gasteiger partial charge in [-0.15, -0.1) is 0 Å². The van der Waals surface area contributed by atoms with E-state index in [9.17, 15) is 14.4 Å². The molecule has 0 heterocycles. The smallest absolute Gasteiger partial charge is 0.337 e. The van der Waals surface area contributed by atoms with Crippen LogP contribution in [0.25, 0.3) is 0 Å². The van der Waals surface area contributed by atoms with Gasteiger partial charge in [0.2, 0.25) is 0 Å². The van der Waals surface area contributed by atoms with E-state index in [2.05, 4.69) is 6.58 Å². The molecule has 0 unspecified atom stereocenters. The van der Waals surface area contributed by atoms with Gasteiger partial charge < -0.3 is 14.9 Å². The monoisotopic (exact) mass is 296 g/mol. The number of carbonyl (C=O) groups is 3. The Hall–Kier alpha value is -2.37. The van der Waals surface area contributed by atoms with Crippen LogP contribution in [-0.2, 0) is 19.1 Å². The van der Waals surface area contributed by atoms with E-state index in [4.69, 9.17) is 14.9 Å². The van der Waals surface area contributed by atoms with Gasteiger partial charge in [-0.1, -0.05) is 26.8 Å². The third-order valence-electron chi connectivity index (χ3n) is 2.64. The van der Waals surface area contributed by atoms with Crippen molar-refractivity contribution in [3.63, 3.8) is 0 Å². The van der Waals surface area contributed by atoms with Crippen molar-refractivity contribution in [3.8, 4) is 0 Å². The molecule has 116 valence electrons. The zero-order valence-corrected chi connectivity index (χ0v) is 12.2. The molecule has 0 radical (unpaired) electrons. The van der Waals surface area contributed by atoms with Crippen molar-refractivity contribution in [2.75, 3.05) is 6.61 Å². The van der Waals surface area contributed by atoms with Gasteiger partial charge in [0.25, 0.3) is 0 Å². The highest BCUT2D eigenvalue weighted by molar-refractivity contribution is 5.99. The molecule has 0 aromatic carbocycles. The molecule has 0 aliphatic rings. The molecule has 6 nitrogen and oxygen atoms in total. The molecule has 0 amide bonds. The highest BCUT2D eigenvalue weighted by Crippen LogP contribution is 2.20. The lowest BCUT2D eigenvalue weighted by Gasteiger charge is -2.11. The molecule has 0 saturated carbocycles. The van der Waals surface area contributed by atoms with E-state index >= 15 is 0 Å². The zero-order chi connectivity index (χ0) is 16.4. The second kappa shape index (κ2) is 9.52. The molecule has 0 aromatic rings. The standard InChI is InChI=1S/C15H20O6/c1-4-6-9-21-15(20)10(3)11(5-2)12(14(18)19)7-8-13(16)17/h7-8H,3-6,9H2,1-2H3,(H,16,17)(H,18,19). The zero-order valence-electron chi connectivity index (χ0n) is 12.2. The van der Waals surface area contributed by atoms with Gasteiger partial charge in [-0.25, -0.2) is 14.4 Å². The van der Waals surface area contributed by atoms with Gasteiger partial charge in [-0.2, -0.15) is 0 Å². The van der Waals surface area contributed by atoms with E-state index in [0.29, 0.717) is 12.5 Å². The van der Waals surface area contributed by atoms with Crippen LogP contribution in [-0.4, -0.2) is 34.7 Å². The number of hydrogen-bond donors (Lipinski definition) is 2. The summed E-state index contributed by atoms with van der Waals surface area (Å²) in [6.07, 6.45) is 3.42. The Balaban J connectivity index is 5.34. The molecule has 0 atom stereocenters. The van der Waals surface area contributed by atoms with Crippen molar-refractivity contribution in [1.82, 2.24) is 0 Å². The van der Waals surface area contributed by atoms with Crippen molar-refractivity contribution < 1.29 is 29.3 Å². The Morgan fingerprint density at radius 3 is 2.19 bits per heavy atom. The number of unbranched alkanes of at least 4 members (excludes halogenated alkanes) is 1. The van der Waals surface area contributed by atoms with Gasteiger partial charge in [0.05, 0.1) is 17.8 Å². The molecule has 0 rings (SSSR count). The number of carboxylic acid groups (broad SMARTS) is 2. The summed E-state index contributed by atoms with van der Waals surface area (Å²) in [5, 5.41) is 17.7. The number of rotatable bonds is 9. The summed E-state index contributed by atoms with van der Waals surface area (Å²) in [7, 11) is 0. The third-order valence-corrected chi connectivity index (χ3v) is 2.64. The second-order valence-electron chi connectivity index (χ2n) is 4.19. The van der Waals surface area contributed by atoms with Gasteiger partial charge in [-0.3, -0.25) is 0 Å². The largest absolute Gasteiger partial charge is 0.478 e. The van der Waals surface area contributed by atoms with E-state index in [-0.39, 0.29) is 29.7 Å². The van der Waals surface area contributed by atoms with Crippen molar-refractivity contribution in [3.05, 3.63) is 35.5 Å². The molecular weight excluding hydrogens is 276 g/mol. The highest BCUT2D eigenvalue weighted by atomic mass is 16.5. The van der Waals surface area contributed by atoms with E-state index in [1.165, 1.54) is 0 Å². The van der Waals surface area contributed by atoms with Crippen LogP contribution in [0, 0.1) is 0 Å². The minimum Gasteiger partial charge on any atom is -0.478 e. The second-order valence-corrected chi connectivity index (χ2v) is 4.19. The number of hydrogen-bond acceptors (Lipinski definition) is 4. The van der Waals surface area contributed by atoms with E-state index in [1.807, 2.05) is 6.92 Å². The first-order valence-corrected chi connectivity index (χ1v) is 6.58. The summed E-state index contributed by atoms with van der Waals surface area (Å²) < 4.78 is 4.98. The maximum atomic E-state index is 11.8. The topological polar surface area (TPSA) is 101 Å². The van der Waals surface area contributed by atoms with Crippen molar-refractivity contribution in [2.24, 2.45) is 0 Å². The van der Waals surface area contributed by atoms with Crippen LogP contribution < -0.4 is 0 Å². The van der Waals surface area contributed by atoms with E-state index < -0.39 is 17.9 Å². The summed E-state index contributed by atoms with van der Waals surface area (Å²) in [6.45, 7) is 7.39. The van der Waals surface area contributed by atoms with E-state index in [1.54, 1.807) is 6.92 Å². The number of aliphatic carboxylic acids is 2. The molecule has 0 spiro atoms. The predicted octanol–water partition coefficient (Wildman–Crippen LogP) is 2.32. The molecule has 0 saturated heterocycles. The summed E-state index contributed by atoms with van der Waals surface area (Å²) in [6, 6.07) is 0. The van der Waals surface area contributed by atoms with Gasteiger partial charge in [0.1, 0.15) is 0 Å². The Morgan fingerprint density at radius 1 is 1.14 bits per heavy atom. The van der Waals surface area contributed by atoms with Crippen LogP contribution in [0.5, 0.6) is 0 Å². The average molecular weight is 296 g/mol. The van der Waals surface area contributed by atoms with Gasteiger partial charge >= 0.3 is 17.9 Å². The van der Waals surface area contributed by atoms with Crippen molar-refractivity contribution in [2.45, 2.75) is 33.1 Å². The van der Waals surface area contributed by atoms with Gasteiger partial charge in [-0.05, 0) is 24.5 Å². The first-order valence-electron chi connectivity index (χ1n) is 6.58. The van der Waals surface area contributed by atoms with Crippen LogP contribution in [0.2, 0.25) is 0 Å². The maximum Gasteiger partial charge on any atom is 0.337 e. The Morgan fingerprint density at radius 2 is 1.76 bits per heavy atom.